The largest absolute Gasteiger partial charge is 0.459 e. The summed E-state index contributed by atoms with van der Waals surface area (Å²) in [6.45, 7) is 0.353. The van der Waals surface area contributed by atoms with Gasteiger partial charge in [-0.2, -0.15) is 0 Å². The first-order chi connectivity index (χ1) is 11.1. The number of carbonyl (C=O) groups excluding carboxylic acids is 1. The molecule has 2 atom stereocenters. The van der Waals surface area contributed by atoms with Crippen LogP contribution in [0.2, 0.25) is 5.02 Å². The fourth-order valence-corrected chi connectivity index (χ4v) is 3.18. The fourth-order valence-electron chi connectivity index (χ4n) is 2.99. The molecule has 1 heterocycles. The molecule has 1 aliphatic carbocycles. The van der Waals surface area contributed by atoms with Crippen LogP contribution in [0, 0.1) is 5.92 Å². The molecule has 0 saturated heterocycles. The molecule has 3 rings (SSSR count). The van der Waals surface area contributed by atoms with Crippen molar-refractivity contribution >= 4 is 17.5 Å². The van der Waals surface area contributed by atoms with Crippen molar-refractivity contribution in [1.82, 2.24) is 5.32 Å². The maximum Gasteiger partial charge on any atom is 0.223 e. The lowest BCUT2D eigenvalue weighted by molar-refractivity contribution is -0.127. The van der Waals surface area contributed by atoms with Crippen molar-refractivity contribution in [2.75, 3.05) is 0 Å². The molecule has 1 aromatic heterocycles. The molecular formula is C18H20ClNO3. The highest BCUT2D eigenvalue weighted by Crippen LogP contribution is 2.26. The average Bonchev–Trinajstić information content (AvgIpc) is 3.01. The first kappa shape index (κ1) is 16.1. The lowest BCUT2D eigenvalue weighted by Gasteiger charge is -2.24. The smallest absolute Gasteiger partial charge is 0.223 e. The molecule has 0 spiro atoms. The Bertz CT molecular complexity index is 682. The van der Waals surface area contributed by atoms with E-state index in [2.05, 4.69) is 5.32 Å². The van der Waals surface area contributed by atoms with Gasteiger partial charge in [0.05, 0.1) is 12.6 Å². The molecule has 1 amide bonds. The topological polar surface area (TPSA) is 62.5 Å². The van der Waals surface area contributed by atoms with Crippen LogP contribution in [0.5, 0.6) is 0 Å². The van der Waals surface area contributed by atoms with Gasteiger partial charge in [0.25, 0.3) is 0 Å². The Hall–Kier alpha value is -1.78. The number of rotatable bonds is 4. The van der Waals surface area contributed by atoms with E-state index in [0.29, 0.717) is 23.7 Å². The molecule has 1 fully saturated rings. The van der Waals surface area contributed by atoms with E-state index in [1.807, 2.05) is 36.4 Å². The molecule has 4 nitrogen and oxygen atoms in total. The quantitative estimate of drug-likeness (QED) is 0.895. The van der Waals surface area contributed by atoms with Gasteiger partial charge in [0.2, 0.25) is 5.91 Å². The zero-order chi connectivity index (χ0) is 16.2. The van der Waals surface area contributed by atoms with Crippen LogP contribution in [0.1, 0.15) is 31.4 Å². The number of halogens is 1. The van der Waals surface area contributed by atoms with Crippen molar-refractivity contribution < 1.29 is 14.3 Å². The highest BCUT2D eigenvalue weighted by atomic mass is 35.5. The molecule has 0 aliphatic heterocycles. The van der Waals surface area contributed by atoms with Gasteiger partial charge in [-0.1, -0.05) is 30.2 Å². The molecule has 0 radical (unpaired) electrons. The first-order valence-corrected chi connectivity index (χ1v) is 8.30. The summed E-state index contributed by atoms with van der Waals surface area (Å²) in [6, 6.07) is 11.2. The second-order valence-electron chi connectivity index (χ2n) is 6.01. The van der Waals surface area contributed by atoms with E-state index < -0.39 is 0 Å². The van der Waals surface area contributed by atoms with Crippen LogP contribution in [-0.4, -0.2) is 17.1 Å². The van der Waals surface area contributed by atoms with Crippen LogP contribution < -0.4 is 5.32 Å². The Morgan fingerprint density at radius 1 is 1.30 bits per heavy atom. The van der Waals surface area contributed by atoms with E-state index in [9.17, 15) is 9.90 Å². The molecule has 0 unspecified atom stereocenters. The van der Waals surface area contributed by atoms with Crippen LogP contribution in [-0.2, 0) is 11.3 Å². The fraction of sp³-hybridized carbons (Fsp3) is 0.389. The van der Waals surface area contributed by atoms with Gasteiger partial charge in [-0.05, 0) is 43.5 Å². The van der Waals surface area contributed by atoms with E-state index >= 15 is 0 Å². The predicted octanol–water partition coefficient (Wildman–Crippen LogP) is 3.77. The monoisotopic (exact) mass is 333 g/mol. The summed E-state index contributed by atoms with van der Waals surface area (Å²) >= 11 is 5.98. The summed E-state index contributed by atoms with van der Waals surface area (Å²) in [6.07, 6.45) is 2.74. The molecule has 122 valence electrons. The molecule has 2 aromatic rings. The number of hydrogen-bond acceptors (Lipinski definition) is 3. The van der Waals surface area contributed by atoms with Gasteiger partial charge < -0.3 is 14.8 Å². The summed E-state index contributed by atoms with van der Waals surface area (Å²) in [5, 5.41) is 13.2. The molecule has 23 heavy (non-hydrogen) atoms. The van der Waals surface area contributed by atoms with Crippen molar-refractivity contribution in [2.45, 2.75) is 38.3 Å². The summed E-state index contributed by atoms with van der Waals surface area (Å²) in [4.78, 5) is 12.2. The highest BCUT2D eigenvalue weighted by molar-refractivity contribution is 6.30. The van der Waals surface area contributed by atoms with Crippen molar-refractivity contribution in [3.05, 3.63) is 47.2 Å². The number of aliphatic hydroxyl groups is 1. The SMILES string of the molecule is O=C(NCc1ccc(-c2cccc(Cl)c2)o1)[C@H]1CCC[C@H](O)C1. The van der Waals surface area contributed by atoms with Crippen LogP contribution in [0.15, 0.2) is 40.8 Å². The zero-order valence-electron chi connectivity index (χ0n) is 12.8. The maximum absolute atomic E-state index is 12.2. The Morgan fingerprint density at radius 2 is 2.17 bits per heavy atom. The molecule has 0 bridgehead atoms. The van der Waals surface area contributed by atoms with Gasteiger partial charge in [0.15, 0.2) is 0 Å². The van der Waals surface area contributed by atoms with Crippen LogP contribution in [0.25, 0.3) is 11.3 Å². The van der Waals surface area contributed by atoms with Crippen molar-refractivity contribution in [2.24, 2.45) is 5.92 Å². The number of benzene rings is 1. The van der Waals surface area contributed by atoms with Gasteiger partial charge >= 0.3 is 0 Å². The lowest BCUT2D eigenvalue weighted by atomic mass is 9.87. The third-order valence-electron chi connectivity index (χ3n) is 4.22. The van der Waals surface area contributed by atoms with E-state index in [1.165, 1.54) is 0 Å². The second kappa shape index (κ2) is 7.20. The minimum atomic E-state index is -0.349. The summed E-state index contributed by atoms with van der Waals surface area (Å²) in [5.41, 5.74) is 0.908. The number of aliphatic hydroxyl groups excluding tert-OH is 1. The lowest BCUT2D eigenvalue weighted by Crippen LogP contribution is -2.34. The first-order valence-electron chi connectivity index (χ1n) is 7.92. The maximum atomic E-state index is 12.2. The number of hydrogen-bond donors (Lipinski definition) is 2. The molecule has 1 aliphatic rings. The van der Waals surface area contributed by atoms with Crippen molar-refractivity contribution in [1.29, 1.82) is 0 Å². The Kier molecular flexibility index (Phi) is 5.03. The van der Waals surface area contributed by atoms with E-state index in [0.717, 1.165) is 30.6 Å². The minimum Gasteiger partial charge on any atom is -0.459 e. The predicted molar refractivity (Wildman–Crippen MR) is 89.0 cm³/mol. The number of nitrogens with one attached hydrogen (secondary N) is 1. The standard InChI is InChI=1S/C18H20ClNO3/c19-14-5-1-3-12(9-14)17-8-7-16(23-17)11-20-18(22)13-4-2-6-15(21)10-13/h1,3,5,7-9,13,15,21H,2,4,6,10-11H2,(H,20,22)/t13-,15-/m0/s1. The molecule has 1 aromatic carbocycles. The molecule has 2 N–H and O–H groups in total. The average molecular weight is 334 g/mol. The van der Waals surface area contributed by atoms with Crippen molar-refractivity contribution in [3.8, 4) is 11.3 Å². The second-order valence-corrected chi connectivity index (χ2v) is 6.45. The van der Waals surface area contributed by atoms with E-state index in [1.54, 1.807) is 0 Å². The number of carbonyl (C=O) groups is 1. The molecule has 5 heteroatoms. The minimum absolute atomic E-state index is 0.00976. The van der Waals surface area contributed by atoms with Crippen LogP contribution in [0.3, 0.4) is 0 Å². The normalized spacial score (nSPS) is 21.1. The van der Waals surface area contributed by atoms with E-state index in [-0.39, 0.29) is 17.9 Å². The van der Waals surface area contributed by atoms with Gasteiger partial charge in [0.1, 0.15) is 11.5 Å². The highest BCUT2D eigenvalue weighted by Gasteiger charge is 2.25. The van der Waals surface area contributed by atoms with Crippen LogP contribution >= 0.6 is 11.6 Å². The van der Waals surface area contributed by atoms with Gasteiger partial charge in [-0.3, -0.25) is 4.79 Å². The third kappa shape index (κ3) is 4.15. The number of furan rings is 1. The van der Waals surface area contributed by atoms with E-state index in [4.69, 9.17) is 16.0 Å². The zero-order valence-corrected chi connectivity index (χ0v) is 13.6. The van der Waals surface area contributed by atoms with Gasteiger partial charge in [-0.25, -0.2) is 0 Å². The molecular weight excluding hydrogens is 314 g/mol. The van der Waals surface area contributed by atoms with Gasteiger partial charge in [0, 0.05) is 16.5 Å². The third-order valence-corrected chi connectivity index (χ3v) is 4.46. The summed E-state index contributed by atoms with van der Waals surface area (Å²) < 4.78 is 5.76. The summed E-state index contributed by atoms with van der Waals surface area (Å²) in [5.74, 6) is 1.32. The Morgan fingerprint density at radius 3 is 2.96 bits per heavy atom. The Labute approximate surface area is 140 Å². The Balaban J connectivity index is 1.58. The summed E-state index contributed by atoms with van der Waals surface area (Å²) in [7, 11) is 0. The van der Waals surface area contributed by atoms with Crippen LogP contribution in [0.4, 0.5) is 0 Å². The van der Waals surface area contributed by atoms with Gasteiger partial charge in [-0.15, -0.1) is 0 Å². The van der Waals surface area contributed by atoms with Crippen molar-refractivity contribution in [3.63, 3.8) is 0 Å². The number of amides is 1. The molecule has 1 saturated carbocycles.